The Bertz CT molecular complexity index is 1530. The SMILES string of the molecule is Cn1c2c(c3ccccc31)=C(c1ccc3c(c1)c1ccccc1n3I)CCC=2. The first-order chi connectivity index (χ1) is 13.7. The molecule has 6 rings (SSSR count). The summed E-state index contributed by atoms with van der Waals surface area (Å²) in [4.78, 5) is 0. The molecule has 1 aliphatic rings. The molecule has 2 heterocycles. The zero-order chi connectivity index (χ0) is 18.8. The van der Waals surface area contributed by atoms with Crippen LogP contribution in [-0.2, 0) is 7.05 Å². The Morgan fingerprint density at radius 2 is 1.50 bits per heavy atom. The maximum atomic E-state index is 2.41. The number of hydrogen-bond acceptors (Lipinski definition) is 0. The number of benzene rings is 3. The van der Waals surface area contributed by atoms with Gasteiger partial charge < -0.3 is 4.57 Å². The van der Waals surface area contributed by atoms with Crippen molar-refractivity contribution in [1.82, 2.24) is 7.35 Å². The fourth-order valence-electron chi connectivity index (χ4n) is 4.85. The standard InChI is InChI=1S/C25H19IN2/c1-27-21-10-4-3-8-19(21)25-17(9-6-12-24(25)27)16-13-14-23-20(15-16)18-7-2-5-11-22(18)28(23)26/h2-5,7-8,10-15H,6,9H2,1H3. The third-order valence-electron chi connectivity index (χ3n) is 6.15. The molecule has 0 spiro atoms. The lowest BCUT2D eigenvalue weighted by molar-refractivity contribution is 0.905. The van der Waals surface area contributed by atoms with E-state index in [1.54, 1.807) is 0 Å². The van der Waals surface area contributed by atoms with Crippen LogP contribution < -0.4 is 10.6 Å². The molecule has 0 saturated heterocycles. The molecule has 0 N–H and O–H groups in total. The molecule has 28 heavy (non-hydrogen) atoms. The maximum Gasteiger partial charge on any atom is 0.0646 e. The topological polar surface area (TPSA) is 9.86 Å². The maximum absolute atomic E-state index is 2.41. The summed E-state index contributed by atoms with van der Waals surface area (Å²) in [7, 11) is 2.19. The lowest BCUT2D eigenvalue weighted by atomic mass is 9.93. The van der Waals surface area contributed by atoms with Gasteiger partial charge in [-0.2, -0.15) is 0 Å². The highest BCUT2D eigenvalue weighted by Crippen LogP contribution is 2.33. The molecule has 0 atom stereocenters. The summed E-state index contributed by atoms with van der Waals surface area (Å²) in [6, 6.07) is 24.5. The Labute approximate surface area is 176 Å². The second-order valence-electron chi connectivity index (χ2n) is 7.59. The molecule has 3 heteroatoms. The second kappa shape index (κ2) is 5.98. The molecule has 0 bridgehead atoms. The first-order valence-corrected chi connectivity index (χ1v) is 10.7. The molecule has 0 fully saturated rings. The van der Waals surface area contributed by atoms with Crippen molar-refractivity contribution >= 4 is 67.2 Å². The van der Waals surface area contributed by atoms with Crippen LogP contribution in [0.2, 0.25) is 0 Å². The number of rotatable bonds is 1. The van der Waals surface area contributed by atoms with Gasteiger partial charge in [0.05, 0.1) is 33.9 Å². The molecule has 0 radical (unpaired) electrons. The van der Waals surface area contributed by atoms with Gasteiger partial charge in [-0.25, -0.2) is 0 Å². The van der Waals surface area contributed by atoms with Gasteiger partial charge in [0.1, 0.15) is 0 Å². The van der Waals surface area contributed by atoms with Gasteiger partial charge in [-0.3, -0.25) is 2.78 Å². The molecular formula is C25H19IN2. The number of para-hydroxylation sites is 2. The monoisotopic (exact) mass is 474 g/mol. The van der Waals surface area contributed by atoms with Crippen LogP contribution in [0.25, 0.3) is 44.4 Å². The molecule has 0 amide bonds. The van der Waals surface area contributed by atoms with E-state index >= 15 is 0 Å². The average Bonchev–Trinajstić information content (AvgIpc) is 3.21. The Hall–Kier alpha value is -2.53. The van der Waals surface area contributed by atoms with E-state index in [1.165, 1.54) is 54.4 Å². The van der Waals surface area contributed by atoms with E-state index in [4.69, 9.17) is 0 Å². The summed E-state index contributed by atoms with van der Waals surface area (Å²) in [5.74, 6) is 0. The van der Waals surface area contributed by atoms with E-state index in [9.17, 15) is 0 Å². The smallest absolute Gasteiger partial charge is 0.0646 e. The minimum absolute atomic E-state index is 1.09. The van der Waals surface area contributed by atoms with Crippen molar-refractivity contribution in [2.45, 2.75) is 12.8 Å². The zero-order valence-corrected chi connectivity index (χ0v) is 17.8. The van der Waals surface area contributed by atoms with Gasteiger partial charge in [0, 0.05) is 39.3 Å². The normalized spacial score (nSPS) is 14.0. The number of hydrogen-bond donors (Lipinski definition) is 0. The molecule has 2 aromatic heterocycles. The molecule has 136 valence electrons. The first-order valence-electron chi connectivity index (χ1n) is 9.70. The van der Waals surface area contributed by atoms with Gasteiger partial charge >= 0.3 is 0 Å². The highest BCUT2D eigenvalue weighted by atomic mass is 127. The Balaban J connectivity index is 1.75. The van der Waals surface area contributed by atoms with Crippen LogP contribution in [-0.4, -0.2) is 7.35 Å². The van der Waals surface area contributed by atoms with Crippen molar-refractivity contribution in [2.75, 3.05) is 0 Å². The summed E-state index contributed by atoms with van der Waals surface area (Å²) in [6.45, 7) is 0. The summed E-state index contributed by atoms with van der Waals surface area (Å²) >= 11 is 2.41. The van der Waals surface area contributed by atoms with E-state index in [-0.39, 0.29) is 0 Å². The second-order valence-corrected chi connectivity index (χ2v) is 8.55. The lowest BCUT2D eigenvalue weighted by Gasteiger charge is -2.11. The van der Waals surface area contributed by atoms with E-state index in [0.29, 0.717) is 0 Å². The number of aryl methyl sites for hydroxylation is 1. The van der Waals surface area contributed by atoms with Gasteiger partial charge in [0.15, 0.2) is 0 Å². The molecule has 5 aromatic rings. The van der Waals surface area contributed by atoms with Gasteiger partial charge in [-0.05, 0) is 48.2 Å². The van der Waals surface area contributed by atoms with Crippen LogP contribution in [0, 0.1) is 0 Å². The highest BCUT2D eigenvalue weighted by Gasteiger charge is 2.16. The predicted octanol–water partition coefficient (Wildman–Crippen LogP) is 5.26. The number of nitrogens with zero attached hydrogens (tertiary/aromatic N) is 2. The molecular weight excluding hydrogens is 455 g/mol. The van der Waals surface area contributed by atoms with Crippen molar-refractivity contribution in [1.29, 1.82) is 0 Å². The van der Waals surface area contributed by atoms with E-state index in [0.717, 1.165) is 12.8 Å². The summed E-state index contributed by atoms with van der Waals surface area (Å²) in [6.07, 6.45) is 4.59. The average molecular weight is 474 g/mol. The summed E-state index contributed by atoms with van der Waals surface area (Å²) in [5, 5.41) is 6.81. The van der Waals surface area contributed by atoms with Gasteiger partial charge in [-0.1, -0.05) is 48.5 Å². The van der Waals surface area contributed by atoms with Crippen LogP contribution in [0.5, 0.6) is 0 Å². The largest absolute Gasteiger partial charge is 0.344 e. The van der Waals surface area contributed by atoms with Crippen LogP contribution >= 0.6 is 22.9 Å². The number of halogens is 1. The molecule has 1 aliphatic carbocycles. The Morgan fingerprint density at radius 1 is 0.786 bits per heavy atom. The summed E-state index contributed by atoms with van der Waals surface area (Å²) in [5.41, 5.74) is 6.70. The van der Waals surface area contributed by atoms with Crippen molar-refractivity contribution in [2.24, 2.45) is 7.05 Å². The molecule has 0 saturated carbocycles. The van der Waals surface area contributed by atoms with Gasteiger partial charge in [0.25, 0.3) is 0 Å². The van der Waals surface area contributed by atoms with Crippen LogP contribution in [0.3, 0.4) is 0 Å². The quantitative estimate of drug-likeness (QED) is 0.294. The Kier molecular flexibility index (Phi) is 3.51. The third-order valence-corrected chi connectivity index (χ3v) is 7.19. The van der Waals surface area contributed by atoms with Crippen LogP contribution in [0.1, 0.15) is 18.4 Å². The fourth-order valence-corrected chi connectivity index (χ4v) is 5.69. The minimum Gasteiger partial charge on any atom is -0.344 e. The zero-order valence-electron chi connectivity index (χ0n) is 15.6. The molecule has 2 nitrogen and oxygen atoms in total. The van der Waals surface area contributed by atoms with Crippen LogP contribution in [0.4, 0.5) is 0 Å². The fraction of sp³-hybridized carbons (Fsp3) is 0.120. The minimum atomic E-state index is 1.09. The van der Waals surface area contributed by atoms with Gasteiger partial charge in [0.2, 0.25) is 0 Å². The molecule has 0 unspecified atom stereocenters. The highest BCUT2D eigenvalue weighted by molar-refractivity contribution is 14.1. The Morgan fingerprint density at radius 3 is 2.36 bits per heavy atom. The number of fused-ring (bicyclic) bond motifs is 6. The van der Waals surface area contributed by atoms with Crippen molar-refractivity contribution in [3.63, 3.8) is 0 Å². The first kappa shape index (κ1) is 16.4. The molecule has 3 aromatic carbocycles. The third kappa shape index (κ3) is 2.14. The predicted molar refractivity (Wildman–Crippen MR) is 127 cm³/mol. The van der Waals surface area contributed by atoms with E-state index < -0.39 is 0 Å². The molecule has 0 aliphatic heterocycles. The van der Waals surface area contributed by atoms with Crippen LogP contribution in [0.15, 0.2) is 66.7 Å². The van der Waals surface area contributed by atoms with Crippen molar-refractivity contribution in [3.8, 4) is 0 Å². The lowest BCUT2D eigenvalue weighted by Crippen LogP contribution is -2.32. The number of aromatic nitrogens is 2. The van der Waals surface area contributed by atoms with Gasteiger partial charge in [-0.15, -0.1) is 0 Å². The summed E-state index contributed by atoms with van der Waals surface area (Å²) < 4.78 is 4.62. The van der Waals surface area contributed by atoms with E-state index in [2.05, 4.69) is 110 Å². The van der Waals surface area contributed by atoms with E-state index in [1.807, 2.05) is 0 Å². The van der Waals surface area contributed by atoms with Crippen molar-refractivity contribution < 1.29 is 0 Å². The van der Waals surface area contributed by atoms with Crippen molar-refractivity contribution in [3.05, 3.63) is 82.9 Å².